The molecular formula is C36H42N2O7. The minimum absolute atomic E-state index is 0.0194. The van der Waals surface area contributed by atoms with Gasteiger partial charge in [0.1, 0.15) is 18.4 Å². The van der Waals surface area contributed by atoms with Crippen LogP contribution in [0.15, 0.2) is 72.8 Å². The SMILES string of the molecule is CC(C)C[C@H](CC(=O)[C@H](Cc1cccc2ccccc12)NC(=O)OCc1ccccc1)C(=O)N[C@@H](C[C@@H]1CCCC1=O)C(=O)O. The first-order chi connectivity index (χ1) is 21.6. The van der Waals surface area contributed by atoms with Crippen LogP contribution in [0.25, 0.3) is 10.8 Å². The zero-order chi connectivity index (χ0) is 32.3. The number of fused-ring (bicyclic) bond motifs is 1. The third-order valence-electron chi connectivity index (χ3n) is 8.34. The summed E-state index contributed by atoms with van der Waals surface area (Å²) in [5.74, 6) is -3.29. The van der Waals surface area contributed by atoms with Crippen molar-refractivity contribution in [3.63, 3.8) is 0 Å². The molecule has 1 aliphatic carbocycles. The predicted molar refractivity (Wildman–Crippen MR) is 170 cm³/mol. The van der Waals surface area contributed by atoms with E-state index in [2.05, 4.69) is 10.6 Å². The second-order valence-electron chi connectivity index (χ2n) is 12.3. The molecule has 3 aromatic carbocycles. The van der Waals surface area contributed by atoms with Gasteiger partial charge in [-0.3, -0.25) is 14.4 Å². The number of ether oxygens (including phenoxy) is 1. The van der Waals surface area contributed by atoms with E-state index in [0.29, 0.717) is 25.7 Å². The van der Waals surface area contributed by atoms with Crippen molar-refractivity contribution in [1.82, 2.24) is 10.6 Å². The molecule has 4 rings (SSSR count). The monoisotopic (exact) mass is 614 g/mol. The van der Waals surface area contributed by atoms with Crippen molar-refractivity contribution >= 4 is 40.3 Å². The highest BCUT2D eigenvalue weighted by atomic mass is 16.5. The number of carboxylic acids is 1. The Kier molecular flexibility index (Phi) is 11.8. The molecule has 1 fully saturated rings. The van der Waals surface area contributed by atoms with Gasteiger partial charge < -0.3 is 20.5 Å². The van der Waals surface area contributed by atoms with E-state index in [9.17, 15) is 29.1 Å². The maximum absolute atomic E-state index is 13.9. The van der Waals surface area contributed by atoms with Crippen molar-refractivity contribution < 1.29 is 33.8 Å². The van der Waals surface area contributed by atoms with E-state index in [0.717, 1.165) is 21.9 Å². The zero-order valence-electron chi connectivity index (χ0n) is 25.9. The number of carbonyl (C=O) groups excluding carboxylic acids is 4. The summed E-state index contributed by atoms with van der Waals surface area (Å²) in [4.78, 5) is 64.6. The number of hydrogen-bond donors (Lipinski definition) is 3. The second kappa shape index (κ2) is 16.0. The molecule has 0 aromatic heterocycles. The summed E-state index contributed by atoms with van der Waals surface area (Å²) < 4.78 is 5.43. The third-order valence-corrected chi connectivity index (χ3v) is 8.34. The highest BCUT2D eigenvalue weighted by molar-refractivity contribution is 5.94. The van der Waals surface area contributed by atoms with Gasteiger partial charge in [0.25, 0.3) is 0 Å². The topological polar surface area (TPSA) is 139 Å². The summed E-state index contributed by atoms with van der Waals surface area (Å²) in [7, 11) is 0. The number of nitrogens with one attached hydrogen (secondary N) is 2. The summed E-state index contributed by atoms with van der Waals surface area (Å²) >= 11 is 0. The van der Waals surface area contributed by atoms with Gasteiger partial charge in [-0.15, -0.1) is 0 Å². The molecular weight excluding hydrogens is 572 g/mol. The van der Waals surface area contributed by atoms with Crippen molar-refractivity contribution in [2.45, 2.75) is 77.5 Å². The molecule has 1 saturated carbocycles. The number of alkyl carbamates (subject to hydrolysis) is 1. The molecule has 0 spiro atoms. The summed E-state index contributed by atoms with van der Waals surface area (Å²) in [5, 5.41) is 17.1. The lowest BCUT2D eigenvalue weighted by molar-refractivity contribution is -0.143. The summed E-state index contributed by atoms with van der Waals surface area (Å²) in [6.45, 7) is 3.87. The quantitative estimate of drug-likeness (QED) is 0.202. The van der Waals surface area contributed by atoms with Gasteiger partial charge in [-0.05, 0) is 53.5 Å². The van der Waals surface area contributed by atoms with E-state index in [1.807, 2.05) is 86.6 Å². The molecule has 3 N–H and O–H groups in total. The van der Waals surface area contributed by atoms with Gasteiger partial charge in [0, 0.05) is 31.1 Å². The fourth-order valence-corrected chi connectivity index (χ4v) is 6.01. The zero-order valence-corrected chi connectivity index (χ0v) is 25.9. The normalized spacial score (nSPS) is 16.6. The van der Waals surface area contributed by atoms with E-state index >= 15 is 0 Å². The number of benzene rings is 3. The molecule has 2 amide bonds. The lowest BCUT2D eigenvalue weighted by atomic mass is 9.87. The van der Waals surface area contributed by atoms with Crippen LogP contribution in [0.5, 0.6) is 0 Å². The number of carboxylic acid groups (broad SMARTS) is 1. The Morgan fingerprint density at radius 3 is 2.31 bits per heavy atom. The minimum Gasteiger partial charge on any atom is -0.480 e. The molecule has 0 radical (unpaired) electrons. The van der Waals surface area contributed by atoms with Crippen LogP contribution in [-0.4, -0.2) is 46.7 Å². The van der Waals surface area contributed by atoms with Gasteiger partial charge in [0.2, 0.25) is 5.91 Å². The van der Waals surface area contributed by atoms with Gasteiger partial charge in [-0.2, -0.15) is 0 Å². The fourth-order valence-electron chi connectivity index (χ4n) is 6.01. The standard InChI is InChI=1S/C36H42N2O7/c1-23(2)18-28(34(41)37-31(35(42)43)20-27-15-9-17-32(27)39)21-33(40)30(38-36(44)45-22-24-10-4-3-5-11-24)19-26-14-8-13-25-12-6-7-16-29(25)26/h3-8,10-14,16,23,27-28,30-31H,9,15,17-22H2,1-2H3,(H,37,41)(H,38,44)(H,42,43)/t27-,28+,30-,31-/m0/s1. The Labute approximate surface area is 263 Å². The molecule has 1 aliphatic rings. The van der Waals surface area contributed by atoms with E-state index in [4.69, 9.17) is 4.74 Å². The Bertz CT molecular complexity index is 1500. The molecule has 0 aliphatic heterocycles. The minimum atomic E-state index is -1.23. The Morgan fingerprint density at radius 1 is 0.911 bits per heavy atom. The first-order valence-electron chi connectivity index (χ1n) is 15.6. The first kappa shape index (κ1) is 33.4. The maximum atomic E-state index is 13.9. The number of rotatable bonds is 15. The molecule has 0 saturated heterocycles. The number of aliphatic carboxylic acids is 1. The van der Waals surface area contributed by atoms with Crippen LogP contribution in [0.3, 0.4) is 0 Å². The van der Waals surface area contributed by atoms with Gasteiger partial charge >= 0.3 is 12.1 Å². The molecule has 4 atom stereocenters. The predicted octanol–water partition coefficient (Wildman–Crippen LogP) is 5.63. The average molecular weight is 615 g/mol. The van der Waals surface area contributed by atoms with Crippen LogP contribution in [0.4, 0.5) is 4.79 Å². The van der Waals surface area contributed by atoms with Crippen LogP contribution < -0.4 is 10.6 Å². The van der Waals surface area contributed by atoms with Crippen molar-refractivity contribution in [2.75, 3.05) is 0 Å². The van der Waals surface area contributed by atoms with Crippen LogP contribution in [0.2, 0.25) is 0 Å². The number of ketones is 2. The summed E-state index contributed by atoms with van der Waals surface area (Å²) in [6.07, 6.45) is 1.34. The van der Waals surface area contributed by atoms with E-state index in [-0.39, 0.29) is 43.4 Å². The largest absolute Gasteiger partial charge is 0.480 e. The highest BCUT2D eigenvalue weighted by Gasteiger charge is 2.34. The van der Waals surface area contributed by atoms with E-state index in [1.54, 1.807) is 0 Å². The van der Waals surface area contributed by atoms with Gasteiger partial charge in [-0.1, -0.05) is 86.6 Å². The fraction of sp³-hybridized carbons (Fsp3) is 0.417. The summed E-state index contributed by atoms with van der Waals surface area (Å²) in [5.41, 5.74) is 1.65. The molecule has 45 heavy (non-hydrogen) atoms. The van der Waals surface area contributed by atoms with Crippen molar-refractivity contribution in [3.8, 4) is 0 Å². The third kappa shape index (κ3) is 9.73. The van der Waals surface area contributed by atoms with Crippen LogP contribution in [-0.2, 0) is 36.9 Å². The number of hydrogen-bond acceptors (Lipinski definition) is 6. The second-order valence-corrected chi connectivity index (χ2v) is 12.3. The van der Waals surface area contributed by atoms with Crippen LogP contribution in [0.1, 0.15) is 63.5 Å². The molecule has 0 heterocycles. The average Bonchev–Trinajstić information content (AvgIpc) is 3.43. The first-order valence-corrected chi connectivity index (χ1v) is 15.6. The van der Waals surface area contributed by atoms with Crippen molar-refractivity contribution in [3.05, 3.63) is 83.9 Å². The number of carbonyl (C=O) groups is 5. The Morgan fingerprint density at radius 2 is 1.62 bits per heavy atom. The van der Waals surface area contributed by atoms with E-state index in [1.165, 1.54) is 0 Å². The molecule has 3 aromatic rings. The van der Waals surface area contributed by atoms with Gasteiger partial charge in [-0.25, -0.2) is 9.59 Å². The molecule has 9 heteroatoms. The molecule has 238 valence electrons. The Hall–Kier alpha value is -4.53. The maximum Gasteiger partial charge on any atom is 0.408 e. The molecule has 0 unspecified atom stereocenters. The van der Waals surface area contributed by atoms with Crippen LogP contribution in [0, 0.1) is 17.8 Å². The summed E-state index contributed by atoms with van der Waals surface area (Å²) in [6, 6.07) is 20.5. The van der Waals surface area contributed by atoms with Crippen LogP contribution >= 0.6 is 0 Å². The van der Waals surface area contributed by atoms with Crippen molar-refractivity contribution in [1.29, 1.82) is 0 Å². The lowest BCUT2D eigenvalue weighted by Crippen LogP contribution is -2.47. The lowest BCUT2D eigenvalue weighted by Gasteiger charge is -2.25. The van der Waals surface area contributed by atoms with Crippen molar-refractivity contribution in [2.24, 2.45) is 17.8 Å². The molecule has 9 nitrogen and oxygen atoms in total. The van der Waals surface area contributed by atoms with E-state index < -0.39 is 41.9 Å². The number of amides is 2. The molecule has 0 bridgehead atoms. The van der Waals surface area contributed by atoms with Gasteiger partial charge in [0.05, 0.1) is 6.04 Å². The number of Topliss-reactive ketones (excluding diaryl/α,β-unsaturated/α-hetero) is 2. The highest BCUT2D eigenvalue weighted by Crippen LogP contribution is 2.27. The van der Waals surface area contributed by atoms with Gasteiger partial charge in [0.15, 0.2) is 5.78 Å². The smallest absolute Gasteiger partial charge is 0.408 e. The Balaban J connectivity index is 1.52.